The van der Waals surface area contributed by atoms with Gasteiger partial charge in [0.1, 0.15) is 5.82 Å². The van der Waals surface area contributed by atoms with E-state index in [1.807, 2.05) is 0 Å². The number of halogens is 1. The number of thiazole rings is 1. The summed E-state index contributed by atoms with van der Waals surface area (Å²) in [5.74, 6) is -0.290. The average Bonchev–Trinajstić information content (AvgIpc) is 2.61. The SMILES string of the molecule is Nc1nc(CO)c(-c2ccc(F)cc2)s1. The number of hydrogen-bond acceptors (Lipinski definition) is 4. The Morgan fingerprint density at radius 2 is 2.00 bits per heavy atom. The maximum absolute atomic E-state index is 12.7. The van der Waals surface area contributed by atoms with Gasteiger partial charge in [0.25, 0.3) is 0 Å². The predicted molar refractivity (Wildman–Crippen MR) is 57.8 cm³/mol. The quantitative estimate of drug-likeness (QED) is 0.820. The van der Waals surface area contributed by atoms with E-state index >= 15 is 0 Å². The molecule has 0 amide bonds. The lowest BCUT2D eigenvalue weighted by atomic mass is 10.1. The van der Waals surface area contributed by atoms with Gasteiger partial charge in [0.2, 0.25) is 0 Å². The molecule has 5 heteroatoms. The Morgan fingerprint density at radius 3 is 2.60 bits per heavy atom. The molecule has 0 bridgehead atoms. The van der Waals surface area contributed by atoms with Crippen molar-refractivity contribution in [2.45, 2.75) is 6.61 Å². The number of aliphatic hydroxyl groups is 1. The molecule has 78 valence electrons. The Bertz CT molecular complexity index is 467. The molecule has 0 saturated heterocycles. The number of hydrogen-bond donors (Lipinski definition) is 2. The fourth-order valence-electron chi connectivity index (χ4n) is 1.30. The predicted octanol–water partition coefficient (Wildman–Crippen LogP) is 2.02. The number of rotatable bonds is 2. The summed E-state index contributed by atoms with van der Waals surface area (Å²) in [5.41, 5.74) is 6.89. The molecule has 0 radical (unpaired) electrons. The molecule has 0 saturated carbocycles. The van der Waals surface area contributed by atoms with Crippen molar-refractivity contribution in [3.05, 3.63) is 35.8 Å². The lowest BCUT2D eigenvalue weighted by Crippen LogP contribution is -1.88. The normalized spacial score (nSPS) is 10.5. The number of aromatic nitrogens is 1. The zero-order valence-corrected chi connectivity index (χ0v) is 8.59. The Balaban J connectivity index is 2.48. The second-order valence-electron chi connectivity index (χ2n) is 2.99. The fraction of sp³-hybridized carbons (Fsp3) is 0.100. The lowest BCUT2D eigenvalue weighted by molar-refractivity contribution is 0.278. The van der Waals surface area contributed by atoms with Gasteiger partial charge in [0.15, 0.2) is 5.13 Å². The smallest absolute Gasteiger partial charge is 0.180 e. The molecular formula is C10H9FN2OS. The van der Waals surface area contributed by atoms with Crippen LogP contribution in [0.1, 0.15) is 5.69 Å². The van der Waals surface area contributed by atoms with Crippen molar-refractivity contribution in [2.75, 3.05) is 5.73 Å². The maximum atomic E-state index is 12.7. The average molecular weight is 224 g/mol. The second kappa shape index (κ2) is 3.96. The molecule has 2 rings (SSSR count). The van der Waals surface area contributed by atoms with Gasteiger partial charge in [-0.05, 0) is 17.7 Å². The number of benzene rings is 1. The van der Waals surface area contributed by atoms with Gasteiger partial charge >= 0.3 is 0 Å². The molecule has 3 N–H and O–H groups in total. The van der Waals surface area contributed by atoms with Crippen LogP contribution in [-0.2, 0) is 6.61 Å². The van der Waals surface area contributed by atoms with E-state index in [9.17, 15) is 4.39 Å². The minimum atomic E-state index is -0.290. The van der Waals surface area contributed by atoms with Crippen LogP contribution >= 0.6 is 11.3 Å². The van der Waals surface area contributed by atoms with E-state index in [4.69, 9.17) is 10.8 Å². The highest BCUT2D eigenvalue weighted by Crippen LogP contribution is 2.31. The molecule has 0 fully saturated rings. The monoisotopic (exact) mass is 224 g/mol. The van der Waals surface area contributed by atoms with E-state index in [2.05, 4.69) is 4.98 Å². The van der Waals surface area contributed by atoms with Crippen molar-refractivity contribution in [2.24, 2.45) is 0 Å². The van der Waals surface area contributed by atoms with E-state index in [0.717, 1.165) is 10.4 Å². The first-order chi connectivity index (χ1) is 7.20. The minimum Gasteiger partial charge on any atom is -0.390 e. The Labute approximate surface area is 90.0 Å². The van der Waals surface area contributed by atoms with Crippen LogP contribution in [0.4, 0.5) is 9.52 Å². The molecule has 2 aromatic rings. The number of anilines is 1. The van der Waals surface area contributed by atoms with E-state index in [0.29, 0.717) is 10.8 Å². The lowest BCUT2D eigenvalue weighted by Gasteiger charge is -1.98. The largest absolute Gasteiger partial charge is 0.390 e. The molecule has 0 spiro atoms. The third-order valence-electron chi connectivity index (χ3n) is 1.97. The van der Waals surface area contributed by atoms with Gasteiger partial charge in [-0.3, -0.25) is 0 Å². The van der Waals surface area contributed by atoms with Gasteiger partial charge in [0, 0.05) is 0 Å². The van der Waals surface area contributed by atoms with Gasteiger partial charge in [-0.2, -0.15) is 0 Å². The maximum Gasteiger partial charge on any atom is 0.180 e. The summed E-state index contributed by atoms with van der Waals surface area (Å²) in [4.78, 5) is 4.77. The molecule has 0 aliphatic heterocycles. The van der Waals surface area contributed by atoms with Crippen molar-refractivity contribution < 1.29 is 9.50 Å². The summed E-state index contributed by atoms with van der Waals surface area (Å²) >= 11 is 1.28. The molecule has 1 aromatic heterocycles. The van der Waals surface area contributed by atoms with Crippen LogP contribution in [0.3, 0.4) is 0 Å². The molecule has 0 atom stereocenters. The number of aliphatic hydroxyl groups excluding tert-OH is 1. The van der Waals surface area contributed by atoms with Crippen LogP contribution in [0, 0.1) is 5.82 Å². The Morgan fingerprint density at radius 1 is 1.33 bits per heavy atom. The van der Waals surface area contributed by atoms with Gasteiger partial charge in [-0.1, -0.05) is 23.5 Å². The van der Waals surface area contributed by atoms with Gasteiger partial charge < -0.3 is 10.8 Å². The first kappa shape index (κ1) is 10.1. The topological polar surface area (TPSA) is 59.1 Å². The third kappa shape index (κ3) is 1.98. The van der Waals surface area contributed by atoms with Crippen molar-refractivity contribution in [3.63, 3.8) is 0 Å². The Hall–Kier alpha value is -1.46. The first-order valence-corrected chi connectivity index (χ1v) is 5.14. The summed E-state index contributed by atoms with van der Waals surface area (Å²) in [6.07, 6.45) is 0. The molecule has 3 nitrogen and oxygen atoms in total. The van der Waals surface area contributed by atoms with Crippen LogP contribution in [0.15, 0.2) is 24.3 Å². The van der Waals surface area contributed by atoms with Gasteiger partial charge in [0.05, 0.1) is 17.2 Å². The van der Waals surface area contributed by atoms with Crippen LogP contribution < -0.4 is 5.73 Å². The molecule has 0 aliphatic carbocycles. The first-order valence-electron chi connectivity index (χ1n) is 4.32. The summed E-state index contributed by atoms with van der Waals surface area (Å²) in [7, 11) is 0. The zero-order valence-electron chi connectivity index (χ0n) is 7.77. The summed E-state index contributed by atoms with van der Waals surface area (Å²) in [6.45, 7) is -0.166. The molecule has 0 unspecified atom stereocenters. The number of nitrogens with zero attached hydrogens (tertiary/aromatic N) is 1. The summed E-state index contributed by atoms with van der Waals surface area (Å²) < 4.78 is 12.7. The minimum absolute atomic E-state index is 0.166. The zero-order chi connectivity index (χ0) is 10.8. The van der Waals surface area contributed by atoms with E-state index < -0.39 is 0 Å². The highest BCUT2D eigenvalue weighted by Gasteiger charge is 2.10. The Kier molecular flexibility index (Phi) is 2.66. The van der Waals surface area contributed by atoms with Crippen LogP contribution in [-0.4, -0.2) is 10.1 Å². The molecular weight excluding hydrogens is 215 g/mol. The van der Waals surface area contributed by atoms with Crippen LogP contribution in [0.5, 0.6) is 0 Å². The number of nitrogens with two attached hydrogens (primary N) is 1. The van der Waals surface area contributed by atoms with E-state index in [1.165, 1.54) is 23.5 Å². The van der Waals surface area contributed by atoms with E-state index in [1.54, 1.807) is 12.1 Å². The van der Waals surface area contributed by atoms with Crippen LogP contribution in [0.25, 0.3) is 10.4 Å². The van der Waals surface area contributed by atoms with E-state index in [-0.39, 0.29) is 12.4 Å². The van der Waals surface area contributed by atoms with Crippen molar-refractivity contribution in [1.29, 1.82) is 0 Å². The third-order valence-corrected chi connectivity index (χ3v) is 2.95. The van der Waals surface area contributed by atoms with Crippen molar-refractivity contribution >= 4 is 16.5 Å². The second-order valence-corrected chi connectivity index (χ2v) is 4.02. The van der Waals surface area contributed by atoms with Gasteiger partial charge in [-0.15, -0.1) is 0 Å². The molecule has 15 heavy (non-hydrogen) atoms. The van der Waals surface area contributed by atoms with Crippen molar-refractivity contribution in [1.82, 2.24) is 4.98 Å². The fourth-order valence-corrected chi connectivity index (χ4v) is 2.15. The summed E-state index contributed by atoms with van der Waals surface area (Å²) in [5, 5.41) is 9.46. The summed E-state index contributed by atoms with van der Waals surface area (Å²) in [6, 6.07) is 6.02. The van der Waals surface area contributed by atoms with Gasteiger partial charge in [-0.25, -0.2) is 9.37 Å². The number of nitrogen functional groups attached to an aromatic ring is 1. The molecule has 1 aromatic carbocycles. The molecule has 1 heterocycles. The highest BCUT2D eigenvalue weighted by atomic mass is 32.1. The van der Waals surface area contributed by atoms with Crippen LogP contribution in [0.2, 0.25) is 0 Å². The van der Waals surface area contributed by atoms with Crippen molar-refractivity contribution in [3.8, 4) is 10.4 Å². The standard InChI is InChI=1S/C10H9FN2OS/c11-7-3-1-6(2-4-7)9-8(5-14)13-10(12)15-9/h1-4,14H,5H2,(H2,12,13). The highest BCUT2D eigenvalue weighted by molar-refractivity contribution is 7.18. The molecule has 0 aliphatic rings.